The molecule has 0 saturated carbocycles. The first-order valence-corrected chi connectivity index (χ1v) is 13.4. The van der Waals surface area contributed by atoms with E-state index in [2.05, 4.69) is 23.5 Å². The van der Waals surface area contributed by atoms with Gasteiger partial charge in [0.1, 0.15) is 5.69 Å². The maximum absolute atomic E-state index is 13.7. The summed E-state index contributed by atoms with van der Waals surface area (Å²) in [4.78, 5) is 19.6. The molecule has 0 aliphatic rings. The van der Waals surface area contributed by atoms with Crippen LogP contribution in [0.5, 0.6) is 0 Å². The number of carbonyl (C=O) groups is 1. The zero-order chi connectivity index (χ0) is 25.5. The lowest BCUT2D eigenvalue weighted by Gasteiger charge is -2.20. The van der Waals surface area contributed by atoms with E-state index in [0.29, 0.717) is 18.8 Å². The molecule has 0 radical (unpaired) electrons. The Labute approximate surface area is 220 Å². The fourth-order valence-electron chi connectivity index (χ4n) is 4.50. The summed E-state index contributed by atoms with van der Waals surface area (Å²) in [6.07, 6.45) is 1.76. The molecule has 4 aromatic carbocycles. The average Bonchev–Trinajstić information content (AvgIpc) is 3.35. The number of hydrogen-bond donors (Lipinski definition) is 2. The number of nitrogens with one attached hydrogen (secondary N) is 1. The number of fused-ring (bicyclic) bond motifs is 1. The van der Waals surface area contributed by atoms with Crippen LogP contribution < -0.4 is 15.9 Å². The number of nitrogens with zero attached hydrogens (tertiary/aromatic N) is 2. The molecule has 0 unspecified atom stereocenters. The highest BCUT2D eigenvalue weighted by molar-refractivity contribution is 7.07. The number of hydrogen-bond acceptors (Lipinski definition) is 4. The highest BCUT2D eigenvalue weighted by Crippen LogP contribution is 2.26. The molecule has 5 nitrogen and oxygen atoms in total. The van der Waals surface area contributed by atoms with Crippen LogP contribution in [0, 0.1) is 0 Å². The normalized spacial score (nSPS) is 11.8. The van der Waals surface area contributed by atoms with Crippen LogP contribution in [-0.2, 0) is 6.54 Å². The van der Waals surface area contributed by atoms with Gasteiger partial charge in [-0.1, -0.05) is 97.1 Å². The summed E-state index contributed by atoms with van der Waals surface area (Å²) >= 11 is 1.49. The van der Waals surface area contributed by atoms with Gasteiger partial charge in [-0.3, -0.25) is 4.79 Å². The number of amides is 1. The number of benzene rings is 4. The Morgan fingerprint density at radius 2 is 1.49 bits per heavy atom. The molecule has 0 atom stereocenters. The summed E-state index contributed by atoms with van der Waals surface area (Å²) in [5, 5.41) is 7.42. The van der Waals surface area contributed by atoms with E-state index in [0.717, 1.165) is 45.2 Å². The second-order valence-corrected chi connectivity index (χ2v) is 9.73. The molecule has 186 valence electrons. The summed E-state index contributed by atoms with van der Waals surface area (Å²) in [6, 6.07) is 34.2. The molecule has 1 aromatic heterocycles. The lowest BCUT2D eigenvalue weighted by atomic mass is 9.98. The van der Waals surface area contributed by atoms with Crippen LogP contribution in [0.4, 0.5) is 5.69 Å². The number of rotatable bonds is 9. The lowest BCUT2D eigenvalue weighted by Crippen LogP contribution is -2.32. The summed E-state index contributed by atoms with van der Waals surface area (Å²) in [7, 11) is 0. The molecule has 0 aliphatic heterocycles. The first-order valence-electron chi connectivity index (χ1n) is 12.6. The summed E-state index contributed by atoms with van der Waals surface area (Å²) < 4.78 is 2.03. The van der Waals surface area contributed by atoms with Crippen LogP contribution in [0.25, 0.3) is 10.8 Å². The first-order chi connectivity index (χ1) is 18.2. The molecule has 0 fully saturated rings. The largest absolute Gasteiger partial charge is 0.340 e. The highest BCUT2D eigenvalue weighted by Gasteiger charge is 2.21. The minimum Gasteiger partial charge on any atom is -0.340 e. The van der Waals surface area contributed by atoms with Crippen LogP contribution in [0.15, 0.2) is 114 Å². The molecule has 6 heteroatoms. The van der Waals surface area contributed by atoms with Crippen LogP contribution in [0.3, 0.4) is 0 Å². The molecule has 0 spiro atoms. The molecule has 5 rings (SSSR count). The molecule has 37 heavy (non-hydrogen) atoms. The second kappa shape index (κ2) is 11.8. The van der Waals surface area contributed by atoms with Gasteiger partial charge in [0.15, 0.2) is 4.80 Å². The molecule has 0 bridgehead atoms. The molecule has 5 aromatic rings. The van der Waals surface area contributed by atoms with Gasteiger partial charge in [-0.15, -0.1) is 11.3 Å². The van der Waals surface area contributed by atoms with Crippen molar-refractivity contribution < 1.29 is 4.79 Å². The number of nitrogens with two attached hydrogens (primary N) is 1. The van der Waals surface area contributed by atoms with Crippen molar-refractivity contribution in [1.29, 1.82) is 0 Å². The molecule has 0 aliphatic carbocycles. The van der Waals surface area contributed by atoms with Crippen LogP contribution in [0.1, 0.15) is 40.5 Å². The zero-order valence-corrected chi connectivity index (χ0v) is 21.4. The SMILES string of the molecule is NCCCCn1c(C(=O)NC(c2ccccc2)c2ccccc2)cs/c1=N\c1cccc2ccccc12. The summed E-state index contributed by atoms with van der Waals surface area (Å²) in [6.45, 7) is 1.29. The minimum atomic E-state index is -0.259. The van der Waals surface area contributed by atoms with E-state index in [1.165, 1.54) is 11.3 Å². The third-order valence-corrected chi connectivity index (χ3v) is 7.25. The quantitative estimate of drug-likeness (QED) is 0.234. The van der Waals surface area contributed by atoms with Gasteiger partial charge >= 0.3 is 0 Å². The second-order valence-electron chi connectivity index (χ2n) is 8.89. The molecule has 1 amide bonds. The summed E-state index contributed by atoms with van der Waals surface area (Å²) in [5.41, 5.74) is 9.35. The van der Waals surface area contributed by atoms with E-state index in [4.69, 9.17) is 10.7 Å². The molecular weight excluding hydrogens is 476 g/mol. The van der Waals surface area contributed by atoms with Crippen LogP contribution >= 0.6 is 11.3 Å². The topological polar surface area (TPSA) is 72.4 Å². The third kappa shape index (κ3) is 5.71. The van der Waals surface area contributed by atoms with Crippen molar-refractivity contribution in [3.8, 4) is 0 Å². The fraction of sp³-hybridized carbons (Fsp3) is 0.161. The van der Waals surface area contributed by atoms with Gasteiger partial charge in [0.25, 0.3) is 5.91 Å². The maximum atomic E-state index is 13.7. The van der Waals surface area contributed by atoms with Gasteiger partial charge in [0, 0.05) is 17.3 Å². The van der Waals surface area contributed by atoms with Gasteiger partial charge in [-0.05, 0) is 42.0 Å². The molecule has 0 saturated heterocycles. The van der Waals surface area contributed by atoms with E-state index in [-0.39, 0.29) is 11.9 Å². The number of thiazole rings is 1. The Bertz CT molecular complexity index is 1500. The Morgan fingerprint density at radius 1 is 0.838 bits per heavy atom. The van der Waals surface area contributed by atoms with Crippen molar-refractivity contribution in [2.75, 3.05) is 6.54 Å². The van der Waals surface area contributed by atoms with E-state index in [9.17, 15) is 4.79 Å². The standard InChI is InChI=1S/C31H30N4OS/c32-20-9-10-21-35-28(22-37-31(35)33-27-19-11-17-23-12-7-8-18-26(23)27)30(36)34-29(24-13-3-1-4-14-24)25-15-5-2-6-16-25/h1-8,11-19,22,29H,9-10,20-21,32H2,(H,34,36)/b33-31-. The number of carbonyl (C=O) groups excluding carboxylic acids is 1. The molecule has 3 N–H and O–H groups in total. The van der Waals surface area contributed by atoms with Crippen molar-refractivity contribution in [3.63, 3.8) is 0 Å². The maximum Gasteiger partial charge on any atom is 0.269 e. The van der Waals surface area contributed by atoms with Gasteiger partial charge in [0.2, 0.25) is 0 Å². The Kier molecular flexibility index (Phi) is 7.89. The van der Waals surface area contributed by atoms with E-state index >= 15 is 0 Å². The smallest absolute Gasteiger partial charge is 0.269 e. The van der Waals surface area contributed by atoms with Gasteiger partial charge in [-0.2, -0.15) is 0 Å². The highest BCUT2D eigenvalue weighted by atomic mass is 32.1. The van der Waals surface area contributed by atoms with Crippen LogP contribution in [0.2, 0.25) is 0 Å². The van der Waals surface area contributed by atoms with Crippen molar-refractivity contribution in [1.82, 2.24) is 9.88 Å². The lowest BCUT2D eigenvalue weighted by molar-refractivity contribution is 0.0933. The van der Waals surface area contributed by atoms with E-state index in [1.54, 1.807) is 0 Å². The number of aromatic nitrogens is 1. The van der Waals surface area contributed by atoms with E-state index < -0.39 is 0 Å². The monoisotopic (exact) mass is 506 g/mol. The Balaban J connectivity index is 1.53. The van der Waals surface area contributed by atoms with Crippen molar-refractivity contribution in [2.45, 2.75) is 25.4 Å². The van der Waals surface area contributed by atoms with Crippen LogP contribution in [-0.4, -0.2) is 17.0 Å². The van der Waals surface area contributed by atoms with Crippen molar-refractivity contribution in [3.05, 3.63) is 130 Å². The number of unbranched alkanes of at least 4 members (excludes halogenated alkanes) is 1. The summed E-state index contributed by atoms with van der Waals surface area (Å²) in [5.74, 6) is -0.124. The Morgan fingerprint density at radius 3 is 2.19 bits per heavy atom. The minimum absolute atomic E-state index is 0.124. The average molecular weight is 507 g/mol. The van der Waals surface area contributed by atoms with Crippen molar-refractivity contribution >= 4 is 33.7 Å². The van der Waals surface area contributed by atoms with Gasteiger partial charge < -0.3 is 15.6 Å². The zero-order valence-electron chi connectivity index (χ0n) is 20.6. The third-order valence-electron chi connectivity index (χ3n) is 6.39. The fourth-order valence-corrected chi connectivity index (χ4v) is 5.42. The molecule has 1 heterocycles. The van der Waals surface area contributed by atoms with Gasteiger partial charge in [0.05, 0.1) is 11.7 Å². The van der Waals surface area contributed by atoms with Crippen molar-refractivity contribution in [2.24, 2.45) is 10.7 Å². The predicted octanol–water partition coefficient (Wildman–Crippen LogP) is 6.19. The van der Waals surface area contributed by atoms with E-state index in [1.807, 2.05) is 94.9 Å². The first kappa shape index (κ1) is 24.7. The predicted molar refractivity (Wildman–Crippen MR) is 152 cm³/mol. The van der Waals surface area contributed by atoms with Gasteiger partial charge in [-0.25, -0.2) is 4.99 Å². The molecular formula is C31H30N4OS. The Hall–Kier alpha value is -4.00.